The van der Waals surface area contributed by atoms with Gasteiger partial charge in [-0.25, -0.2) is 11.4 Å². The Morgan fingerprint density at radius 3 is 0.808 bits per heavy atom. The van der Waals surface area contributed by atoms with Gasteiger partial charge in [0.05, 0.1) is 0 Å². The fourth-order valence-corrected chi connectivity index (χ4v) is 0.437. The molecule has 0 aromatic carbocycles. The van der Waals surface area contributed by atoms with Crippen LogP contribution in [0, 0.1) is 39.8 Å². The summed E-state index contributed by atoms with van der Waals surface area (Å²) >= 11 is 0. The maximum atomic E-state index is 12.0. The maximum Gasteiger partial charge on any atom is 0 e. The smallest absolute Gasteiger partial charge is 0 e. The van der Waals surface area contributed by atoms with E-state index in [2.05, 4.69) is 33.3 Å². The van der Waals surface area contributed by atoms with E-state index in [1.807, 2.05) is 0 Å². The molecule has 0 aliphatic rings. The van der Waals surface area contributed by atoms with Gasteiger partial charge in [-0.2, -0.15) is 30.7 Å². The van der Waals surface area contributed by atoms with Crippen molar-refractivity contribution in [1.29, 1.82) is 0 Å². The zero-order chi connectivity index (χ0) is 22.7. The molecule has 0 aromatic heterocycles. The zero-order valence-corrected chi connectivity index (χ0v) is 12.6. The summed E-state index contributed by atoms with van der Waals surface area (Å²) in [7, 11) is 0. The first kappa shape index (κ1) is 44.0. The fraction of sp³-hybridized carbons (Fsp3) is 0.400. The number of alkyl halides is 9. The molecule has 0 amide bonds. The Bertz CT molecular complexity index is 453. The third-order valence-electron chi connectivity index (χ3n) is 1.27. The number of nitrogens with zero attached hydrogens (tertiary/aromatic N) is 1. The summed E-state index contributed by atoms with van der Waals surface area (Å²) in [5.41, 5.74) is 0. The van der Waals surface area contributed by atoms with E-state index >= 15 is 0 Å². The summed E-state index contributed by atoms with van der Waals surface area (Å²) in [6.45, 7) is 27.9. The Balaban J connectivity index is -0.0000000563. The number of hydrogen-bond donors (Lipinski definition) is 0. The van der Waals surface area contributed by atoms with Crippen molar-refractivity contribution in [1.82, 2.24) is 0 Å². The van der Waals surface area contributed by atoms with E-state index in [0.29, 0.717) is 0 Å². The van der Waals surface area contributed by atoms with Gasteiger partial charge in [-0.3, -0.25) is 0 Å². The molecular formula is C10CrF9NO5. The minimum atomic E-state index is -6.98. The Morgan fingerprint density at radius 1 is 0.500 bits per heavy atom. The van der Waals surface area contributed by atoms with E-state index in [-0.39, 0.29) is 17.4 Å². The molecule has 0 bridgehead atoms. The van der Waals surface area contributed by atoms with Crippen molar-refractivity contribution in [2.45, 2.75) is 24.1 Å². The molecule has 0 atom stereocenters. The minimum absolute atomic E-state index is 0. The molecule has 0 aliphatic heterocycles. The molecule has 0 aliphatic carbocycles. The first-order valence-electron chi connectivity index (χ1n) is 3.92. The number of rotatable bonds is 2. The molecule has 26 heavy (non-hydrogen) atoms. The molecule has 0 unspecified atom stereocenters. The van der Waals surface area contributed by atoms with Gasteiger partial charge in [0.15, 0.2) is 0 Å². The average molecular weight is 437 g/mol. The van der Waals surface area contributed by atoms with Crippen molar-refractivity contribution in [2.24, 2.45) is 0 Å². The summed E-state index contributed by atoms with van der Waals surface area (Å²) in [6.07, 6.45) is -6.87. The summed E-state index contributed by atoms with van der Waals surface area (Å²) in [6, 6.07) is -6.13. The van der Waals surface area contributed by atoms with Gasteiger partial charge < -0.3 is 0 Å². The van der Waals surface area contributed by atoms with Gasteiger partial charge >= 0.3 is 80.6 Å². The second-order valence-electron chi connectivity index (χ2n) is 2.30. The van der Waals surface area contributed by atoms with Crippen LogP contribution in [0.25, 0.3) is 4.85 Å². The molecule has 0 saturated heterocycles. The zero-order valence-electron chi connectivity index (χ0n) is 11.3. The second kappa shape index (κ2) is 21.1. The van der Waals surface area contributed by atoms with Gasteiger partial charge in [-0.1, -0.05) is 0 Å². The Hall–Kier alpha value is -1.91. The van der Waals surface area contributed by atoms with Crippen LogP contribution in [0.4, 0.5) is 39.5 Å². The molecule has 0 N–H and O–H groups in total. The summed E-state index contributed by atoms with van der Waals surface area (Å²) in [4.78, 5) is 0.759. The van der Waals surface area contributed by atoms with Gasteiger partial charge in [0.1, 0.15) is 0 Å². The van der Waals surface area contributed by atoms with E-state index in [4.69, 9.17) is 29.8 Å². The van der Waals surface area contributed by atoms with Crippen LogP contribution in [0.2, 0.25) is 0 Å². The Labute approximate surface area is 149 Å². The van der Waals surface area contributed by atoms with Gasteiger partial charge in [-0.15, -0.1) is 8.78 Å². The molecule has 144 valence electrons. The SMILES string of the molecule is [C-]#[N+]C(F)(F)C(F)(F)C(F)(F)C(F)(F)F.[C-]#[O+].[C-]#[O+].[C-]#[O+].[C-]#[O+].[C-]#[O+].[Cr]. The van der Waals surface area contributed by atoms with Gasteiger partial charge in [0.2, 0.25) is 0 Å². The Kier molecular flexibility index (Phi) is 35.7. The van der Waals surface area contributed by atoms with Crippen molar-refractivity contribution < 1.29 is 80.1 Å². The number of halogens is 9. The van der Waals surface area contributed by atoms with Crippen LogP contribution in [-0.4, -0.2) is 24.1 Å². The van der Waals surface area contributed by atoms with E-state index < -0.39 is 24.1 Å². The normalized spacial score (nSPS) is 9.00. The monoisotopic (exact) mass is 437 g/mol. The van der Waals surface area contributed by atoms with Crippen LogP contribution in [0.15, 0.2) is 0 Å². The van der Waals surface area contributed by atoms with Crippen molar-refractivity contribution in [3.63, 3.8) is 0 Å². The van der Waals surface area contributed by atoms with Crippen LogP contribution in [-0.2, 0) is 40.6 Å². The first-order chi connectivity index (χ1) is 11.3. The van der Waals surface area contributed by atoms with Crippen LogP contribution < -0.4 is 0 Å². The van der Waals surface area contributed by atoms with Crippen LogP contribution >= 0.6 is 0 Å². The van der Waals surface area contributed by atoms with Gasteiger partial charge in [0, 0.05) is 17.4 Å². The van der Waals surface area contributed by atoms with Crippen LogP contribution in [0.5, 0.6) is 0 Å². The predicted molar refractivity (Wildman–Crippen MR) is 47.1 cm³/mol. The summed E-state index contributed by atoms with van der Waals surface area (Å²) in [5, 5.41) is 0. The quantitative estimate of drug-likeness (QED) is 0.274. The first-order valence-corrected chi connectivity index (χ1v) is 3.92. The predicted octanol–water partition coefficient (Wildman–Crippen LogP) is 3.14. The van der Waals surface area contributed by atoms with E-state index in [9.17, 15) is 39.5 Å². The van der Waals surface area contributed by atoms with Gasteiger partial charge in [0.25, 0.3) is 0 Å². The van der Waals surface area contributed by atoms with Crippen molar-refractivity contribution >= 4 is 0 Å². The molecular weight excluding hydrogens is 437 g/mol. The third-order valence-corrected chi connectivity index (χ3v) is 1.27. The van der Waals surface area contributed by atoms with E-state index in [0.717, 1.165) is 4.85 Å². The molecule has 0 spiro atoms. The molecule has 0 radical (unpaired) electrons. The Morgan fingerprint density at radius 2 is 0.692 bits per heavy atom. The van der Waals surface area contributed by atoms with E-state index in [1.54, 1.807) is 0 Å². The summed E-state index contributed by atoms with van der Waals surface area (Å²) in [5.74, 6) is -13.8. The standard InChI is InChI=1S/C5F9N.5CO.Cr/c1-15-5(13,14)3(8,9)2(6,7)4(10,11)12;5*1-2;. The second-order valence-corrected chi connectivity index (χ2v) is 2.30. The van der Waals surface area contributed by atoms with Crippen molar-refractivity contribution in [3.05, 3.63) is 44.7 Å². The fourth-order valence-electron chi connectivity index (χ4n) is 0.437. The summed E-state index contributed by atoms with van der Waals surface area (Å²) < 4.78 is 143. The molecule has 6 nitrogen and oxygen atoms in total. The van der Waals surface area contributed by atoms with Crippen LogP contribution in [0.3, 0.4) is 0 Å². The van der Waals surface area contributed by atoms with Crippen molar-refractivity contribution in [2.75, 3.05) is 0 Å². The topological polar surface area (TPSA) is 104 Å². The molecule has 0 rings (SSSR count). The number of hydrogen-bond acceptors (Lipinski definition) is 0. The molecule has 16 heteroatoms. The molecule has 0 aromatic rings. The maximum absolute atomic E-state index is 12.0. The minimum Gasteiger partial charge on any atom is 0 e. The van der Waals surface area contributed by atoms with Gasteiger partial charge in [-0.05, 0) is 0 Å². The largest absolute Gasteiger partial charge is 0 e. The average Bonchev–Trinajstić information content (AvgIpc) is 2.62. The molecule has 0 fully saturated rings. The third kappa shape index (κ3) is 12.5. The molecule has 0 saturated carbocycles. The molecule has 0 heterocycles. The van der Waals surface area contributed by atoms with Crippen LogP contribution in [0.1, 0.15) is 0 Å². The van der Waals surface area contributed by atoms with Crippen molar-refractivity contribution in [3.8, 4) is 0 Å². The van der Waals surface area contributed by atoms with E-state index in [1.165, 1.54) is 0 Å².